The number of aliphatic hydroxyl groups excluding tert-OH is 1. The molecule has 4 nitrogen and oxygen atoms in total. The molecule has 3 unspecified atom stereocenters. The van der Waals surface area contributed by atoms with Gasteiger partial charge in [0.05, 0.1) is 0 Å². The van der Waals surface area contributed by atoms with Crippen molar-refractivity contribution in [2.24, 2.45) is 5.92 Å². The molecule has 0 aliphatic carbocycles. The van der Waals surface area contributed by atoms with Crippen LogP contribution in [-0.2, 0) is 4.79 Å². The molecule has 0 aliphatic heterocycles. The van der Waals surface area contributed by atoms with Gasteiger partial charge in [-0.25, -0.2) is 0 Å². The van der Waals surface area contributed by atoms with Gasteiger partial charge in [-0.2, -0.15) is 0 Å². The van der Waals surface area contributed by atoms with Gasteiger partial charge in [-0.15, -0.1) is 0 Å². The van der Waals surface area contributed by atoms with Crippen LogP contribution in [0.25, 0.3) is 0 Å². The van der Waals surface area contributed by atoms with Gasteiger partial charge in [0.1, 0.15) is 12.3 Å². The first-order valence-corrected chi connectivity index (χ1v) is 5.69. The van der Waals surface area contributed by atoms with Crippen molar-refractivity contribution in [3.05, 3.63) is 0 Å². The van der Waals surface area contributed by atoms with Crippen LogP contribution in [0.1, 0.15) is 46.5 Å². The molecule has 0 radical (unpaired) electrons. The number of aliphatic hydroxyl groups is 1. The van der Waals surface area contributed by atoms with Crippen LogP contribution in [0.3, 0.4) is 0 Å². The van der Waals surface area contributed by atoms with Crippen LogP contribution in [-0.4, -0.2) is 28.5 Å². The van der Waals surface area contributed by atoms with Gasteiger partial charge in [-0.3, -0.25) is 10.1 Å². The first-order chi connectivity index (χ1) is 7.02. The number of carboxylic acid groups (broad SMARTS) is 1. The molecule has 3 N–H and O–H groups in total. The maximum atomic E-state index is 10.8. The lowest BCUT2D eigenvalue weighted by atomic mass is 10.0. The number of hydrogen-bond donors (Lipinski definition) is 3. The minimum atomic E-state index is -0.889. The molecule has 0 aromatic heterocycles. The normalized spacial score (nSPS) is 17.1. The smallest absolute Gasteiger partial charge is 0.320 e. The zero-order chi connectivity index (χ0) is 11.8. The van der Waals surface area contributed by atoms with Gasteiger partial charge in [0.25, 0.3) is 0 Å². The molecule has 0 rings (SSSR count). The topological polar surface area (TPSA) is 69.6 Å². The molecule has 90 valence electrons. The predicted molar refractivity (Wildman–Crippen MR) is 59.5 cm³/mol. The third-order valence-corrected chi connectivity index (χ3v) is 2.53. The summed E-state index contributed by atoms with van der Waals surface area (Å²) in [6.07, 6.45) is 2.50. The Morgan fingerprint density at radius 2 is 1.80 bits per heavy atom. The maximum absolute atomic E-state index is 10.8. The summed E-state index contributed by atoms with van der Waals surface area (Å²) in [4.78, 5) is 10.8. The summed E-state index contributed by atoms with van der Waals surface area (Å²) in [6.45, 7) is 5.90. The average Bonchev–Trinajstić information content (AvgIpc) is 2.17. The van der Waals surface area contributed by atoms with Gasteiger partial charge in [-0.1, -0.05) is 33.6 Å². The van der Waals surface area contributed by atoms with E-state index in [4.69, 9.17) is 5.11 Å². The van der Waals surface area contributed by atoms with E-state index >= 15 is 0 Å². The zero-order valence-electron chi connectivity index (χ0n) is 9.86. The molecule has 0 saturated carbocycles. The third-order valence-electron chi connectivity index (χ3n) is 2.53. The first-order valence-electron chi connectivity index (χ1n) is 5.69. The Bertz CT molecular complexity index is 185. The highest BCUT2D eigenvalue weighted by atomic mass is 16.4. The van der Waals surface area contributed by atoms with E-state index in [1.54, 1.807) is 0 Å². The minimum absolute atomic E-state index is 0.0914. The number of hydrogen-bond acceptors (Lipinski definition) is 3. The van der Waals surface area contributed by atoms with Gasteiger partial charge in [-0.05, 0) is 18.8 Å². The molecular formula is C11H23NO3. The van der Waals surface area contributed by atoms with E-state index in [1.165, 1.54) is 0 Å². The summed E-state index contributed by atoms with van der Waals surface area (Å²) >= 11 is 0. The Balaban J connectivity index is 4.09. The molecule has 3 atom stereocenters. The highest BCUT2D eigenvalue weighted by molar-refractivity contribution is 5.73. The molecule has 0 aliphatic rings. The summed E-state index contributed by atoms with van der Waals surface area (Å²) in [5, 5.41) is 21.4. The lowest BCUT2D eigenvalue weighted by molar-refractivity contribution is -0.141. The third kappa shape index (κ3) is 5.74. The second-order valence-electron chi connectivity index (χ2n) is 4.06. The van der Waals surface area contributed by atoms with Crippen LogP contribution in [0.4, 0.5) is 0 Å². The monoisotopic (exact) mass is 217 g/mol. The molecule has 0 aromatic rings. The van der Waals surface area contributed by atoms with E-state index in [9.17, 15) is 9.90 Å². The van der Waals surface area contributed by atoms with Gasteiger partial charge in [0.15, 0.2) is 0 Å². The van der Waals surface area contributed by atoms with Gasteiger partial charge in [0, 0.05) is 0 Å². The highest BCUT2D eigenvalue weighted by Gasteiger charge is 2.22. The molecule has 0 aromatic carbocycles. The first kappa shape index (κ1) is 14.4. The second kappa shape index (κ2) is 7.65. The summed E-state index contributed by atoms with van der Waals surface area (Å²) in [7, 11) is 0. The predicted octanol–water partition coefficient (Wildman–Crippen LogP) is 1.58. The van der Waals surface area contributed by atoms with E-state index in [0.29, 0.717) is 6.42 Å². The van der Waals surface area contributed by atoms with Crippen molar-refractivity contribution < 1.29 is 15.0 Å². The number of aliphatic carboxylic acids is 1. The average molecular weight is 217 g/mol. The van der Waals surface area contributed by atoms with Crippen molar-refractivity contribution in [1.29, 1.82) is 0 Å². The Hall–Kier alpha value is -0.610. The van der Waals surface area contributed by atoms with Gasteiger partial charge >= 0.3 is 5.97 Å². The van der Waals surface area contributed by atoms with Crippen molar-refractivity contribution in [3.63, 3.8) is 0 Å². The van der Waals surface area contributed by atoms with Crippen molar-refractivity contribution in [2.75, 3.05) is 0 Å². The van der Waals surface area contributed by atoms with E-state index in [1.807, 2.05) is 20.8 Å². The van der Waals surface area contributed by atoms with Crippen LogP contribution in [0.5, 0.6) is 0 Å². The van der Waals surface area contributed by atoms with Crippen molar-refractivity contribution >= 4 is 5.97 Å². The SMILES string of the molecule is CCCC(NC(O)C(C)CCC)C(=O)O. The van der Waals surface area contributed by atoms with Crippen molar-refractivity contribution in [3.8, 4) is 0 Å². The molecule has 0 heterocycles. The fourth-order valence-corrected chi connectivity index (χ4v) is 1.55. The van der Waals surface area contributed by atoms with Gasteiger partial charge < -0.3 is 10.2 Å². The van der Waals surface area contributed by atoms with E-state index in [2.05, 4.69) is 5.32 Å². The van der Waals surface area contributed by atoms with Crippen LogP contribution in [0, 0.1) is 5.92 Å². The molecule has 0 saturated heterocycles. The van der Waals surface area contributed by atoms with Crippen LogP contribution in [0.2, 0.25) is 0 Å². The molecule has 0 amide bonds. The number of rotatable bonds is 8. The van der Waals surface area contributed by atoms with Crippen LogP contribution >= 0.6 is 0 Å². The minimum Gasteiger partial charge on any atom is -0.480 e. The summed E-state index contributed by atoms with van der Waals surface area (Å²) in [6, 6.07) is -0.635. The standard InChI is InChI=1S/C11H23NO3/c1-4-6-8(3)10(13)12-9(7-5-2)11(14)15/h8-10,12-13H,4-7H2,1-3H3,(H,14,15). The lowest BCUT2D eigenvalue weighted by Gasteiger charge is -2.23. The number of carboxylic acids is 1. The Labute approximate surface area is 91.7 Å². The fourth-order valence-electron chi connectivity index (χ4n) is 1.55. The maximum Gasteiger partial charge on any atom is 0.320 e. The molecule has 0 spiro atoms. The van der Waals surface area contributed by atoms with Crippen molar-refractivity contribution in [1.82, 2.24) is 5.32 Å². The zero-order valence-corrected chi connectivity index (χ0v) is 9.86. The quantitative estimate of drug-likeness (QED) is 0.540. The molecule has 0 bridgehead atoms. The Morgan fingerprint density at radius 1 is 1.27 bits per heavy atom. The fraction of sp³-hybridized carbons (Fsp3) is 0.909. The Morgan fingerprint density at radius 3 is 2.20 bits per heavy atom. The summed E-state index contributed by atoms with van der Waals surface area (Å²) < 4.78 is 0. The molecule has 4 heteroatoms. The largest absolute Gasteiger partial charge is 0.480 e. The molecule has 15 heavy (non-hydrogen) atoms. The van der Waals surface area contributed by atoms with E-state index in [-0.39, 0.29) is 5.92 Å². The van der Waals surface area contributed by atoms with Crippen LogP contribution < -0.4 is 5.32 Å². The van der Waals surface area contributed by atoms with E-state index < -0.39 is 18.2 Å². The second-order valence-corrected chi connectivity index (χ2v) is 4.06. The number of nitrogens with one attached hydrogen (secondary N) is 1. The molecular weight excluding hydrogens is 194 g/mol. The highest BCUT2D eigenvalue weighted by Crippen LogP contribution is 2.10. The molecule has 0 fully saturated rings. The van der Waals surface area contributed by atoms with Gasteiger partial charge in [0.2, 0.25) is 0 Å². The lowest BCUT2D eigenvalue weighted by Crippen LogP contribution is -2.46. The summed E-state index contributed by atoms with van der Waals surface area (Å²) in [5.74, 6) is -0.798. The number of carbonyl (C=O) groups is 1. The van der Waals surface area contributed by atoms with E-state index in [0.717, 1.165) is 19.3 Å². The van der Waals surface area contributed by atoms with Crippen molar-refractivity contribution in [2.45, 2.75) is 58.7 Å². The summed E-state index contributed by atoms with van der Waals surface area (Å²) in [5.41, 5.74) is 0. The Kier molecular flexibility index (Phi) is 7.34. The van der Waals surface area contributed by atoms with Crippen LogP contribution in [0.15, 0.2) is 0 Å².